The lowest BCUT2D eigenvalue weighted by atomic mass is 9.41. The average molecular weight is 396 g/mol. The van der Waals surface area contributed by atoms with E-state index < -0.39 is 5.97 Å². The number of nitrogens with one attached hydrogen (secondary N) is 1. The predicted molar refractivity (Wildman–Crippen MR) is 107 cm³/mol. The Morgan fingerprint density at radius 2 is 2.07 bits per heavy atom. The predicted octanol–water partition coefficient (Wildman–Crippen LogP) is 3.11. The largest absolute Gasteiger partial charge is 0.478 e. The first-order valence-corrected chi connectivity index (χ1v) is 10.6. The smallest absolute Gasteiger partial charge is 0.335 e. The van der Waals surface area contributed by atoms with Crippen LogP contribution in [0.25, 0.3) is 0 Å². The number of benzene rings is 1. The third kappa shape index (κ3) is 3.07. The number of ether oxygens (including phenoxy) is 1. The normalized spacial score (nSPS) is 31.6. The van der Waals surface area contributed by atoms with Gasteiger partial charge in [0, 0.05) is 23.5 Å². The van der Waals surface area contributed by atoms with Gasteiger partial charge in [0.1, 0.15) is 12.2 Å². The number of hydrogen-bond acceptors (Lipinski definition) is 5. The summed E-state index contributed by atoms with van der Waals surface area (Å²) in [4.78, 5) is 10.6. The lowest BCUT2D eigenvalue weighted by Gasteiger charge is -2.75. The van der Waals surface area contributed by atoms with E-state index in [1.54, 1.807) is 12.1 Å². The molecule has 0 amide bonds. The molecule has 4 fully saturated rings. The zero-order valence-electron chi connectivity index (χ0n) is 16.8. The topological polar surface area (TPSA) is 89.3 Å². The summed E-state index contributed by atoms with van der Waals surface area (Å²) < 4.78 is 7.90. The fourth-order valence-corrected chi connectivity index (χ4v) is 5.25. The lowest BCUT2D eigenvalue weighted by molar-refractivity contribution is -0.197. The minimum absolute atomic E-state index is 0.322. The van der Waals surface area contributed by atoms with Crippen LogP contribution in [0.2, 0.25) is 0 Å². The second-order valence-corrected chi connectivity index (χ2v) is 8.83. The molecule has 7 heteroatoms. The summed E-state index contributed by atoms with van der Waals surface area (Å²) in [5.41, 5.74) is 1.96. The number of aryl methyl sites for hydroxylation is 1. The van der Waals surface area contributed by atoms with Crippen LogP contribution >= 0.6 is 0 Å². The van der Waals surface area contributed by atoms with Crippen molar-refractivity contribution in [1.82, 2.24) is 20.1 Å². The molecule has 1 aromatic carbocycles. The molecule has 3 saturated carbocycles. The molecule has 7 nitrogen and oxygen atoms in total. The second-order valence-electron chi connectivity index (χ2n) is 8.83. The minimum Gasteiger partial charge on any atom is -0.478 e. The van der Waals surface area contributed by atoms with E-state index in [0.29, 0.717) is 29.7 Å². The Morgan fingerprint density at radius 1 is 1.28 bits per heavy atom. The molecule has 0 radical (unpaired) electrons. The molecule has 1 aliphatic heterocycles. The van der Waals surface area contributed by atoms with Gasteiger partial charge in [0.05, 0.1) is 18.3 Å². The van der Waals surface area contributed by atoms with E-state index >= 15 is 0 Å². The van der Waals surface area contributed by atoms with E-state index in [-0.39, 0.29) is 0 Å². The number of rotatable bonds is 5. The molecule has 154 valence electrons. The Kier molecular flexibility index (Phi) is 4.67. The van der Waals surface area contributed by atoms with Gasteiger partial charge in [0.15, 0.2) is 0 Å². The number of hydrogen-bond donors (Lipinski definition) is 2. The van der Waals surface area contributed by atoms with Crippen LogP contribution < -0.4 is 5.32 Å². The van der Waals surface area contributed by atoms with E-state index in [1.807, 2.05) is 18.5 Å². The summed E-state index contributed by atoms with van der Waals surface area (Å²) in [6.45, 7) is 2.64. The number of nitrogens with zero attached hydrogens (tertiary/aromatic N) is 3. The maximum Gasteiger partial charge on any atom is 0.335 e. The van der Waals surface area contributed by atoms with Gasteiger partial charge in [0.25, 0.3) is 0 Å². The monoisotopic (exact) mass is 396 g/mol. The molecule has 2 N–H and O–H groups in total. The highest BCUT2D eigenvalue weighted by molar-refractivity contribution is 5.87. The number of carboxylic acids is 1. The van der Waals surface area contributed by atoms with Crippen LogP contribution in [0.3, 0.4) is 0 Å². The Hall–Kier alpha value is -2.25. The highest BCUT2D eigenvalue weighted by Gasteiger charge is 2.71. The summed E-state index contributed by atoms with van der Waals surface area (Å²) in [7, 11) is 0. The van der Waals surface area contributed by atoms with Gasteiger partial charge in [-0.3, -0.25) is 0 Å². The molecule has 1 spiro atoms. The number of carbonyl (C=O) groups is 1. The Morgan fingerprint density at radius 3 is 2.55 bits per heavy atom. The third-order valence-electron chi connectivity index (χ3n) is 7.47. The Bertz CT molecular complexity index is 886. The molecule has 4 unspecified atom stereocenters. The van der Waals surface area contributed by atoms with Crippen molar-refractivity contribution in [3.8, 4) is 0 Å². The van der Waals surface area contributed by atoms with Gasteiger partial charge in [-0.2, -0.15) is 0 Å². The van der Waals surface area contributed by atoms with Crippen molar-refractivity contribution in [3.63, 3.8) is 0 Å². The first kappa shape index (κ1) is 18.8. The van der Waals surface area contributed by atoms with Crippen LogP contribution in [0.1, 0.15) is 66.3 Å². The SMILES string of the molecule is Cc1nncn1C1CC2NC3CCC321.O=C(O)c1ccc(COC2CCC2)cc1. The first-order valence-electron chi connectivity index (χ1n) is 10.6. The molecule has 2 aromatic rings. The summed E-state index contributed by atoms with van der Waals surface area (Å²) in [5.74, 6) is 0.182. The molecular formula is C22H28N4O3. The molecular weight excluding hydrogens is 368 g/mol. The van der Waals surface area contributed by atoms with Gasteiger partial charge in [-0.25, -0.2) is 4.79 Å². The van der Waals surface area contributed by atoms with Crippen LogP contribution in [-0.2, 0) is 11.3 Å². The fourth-order valence-electron chi connectivity index (χ4n) is 5.25. The lowest BCUT2D eigenvalue weighted by Crippen LogP contribution is -2.84. The molecule has 6 rings (SSSR count). The standard InChI is InChI=1S/C12H14O3.C10H14N4/c13-12(14)10-6-4-9(5-7-10)8-15-11-2-1-3-11;1-6-13-11-5-14(6)9-4-8-10(9)3-2-7(10)12-8/h4-7,11H,1-3,8H2,(H,13,14);5,7-9,12H,2-4H2,1H3. The van der Waals surface area contributed by atoms with Crippen molar-refractivity contribution in [1.29, 1.82) is 0 Å². The van der Waals surface area contributed by atoms with E-state index in [9.17, 15) is 4.79 Å². The van der Waals surface area contributed by atoms with Gasteiger partial charge < -0.3 is 19.7 Å². The third-order valence-corrected chi connectivity index (χ3v) is 7.47. The average Bonchev–Trinajstić information content (AvgIpc) is 3.05. The van der Waals surface area contributed by atoms with Crippen molar-refractivity contribution in [2.45, 2.75) is 76.3 Å². The van der Waals surface area contributed by atoms with Crippen LogP contribution in [0.5, 0.6) is 0 Å². The minimum atomic E-state index is -0.888. The summed E-state index contributed by atoms with van der Waals surface area (Å²) >= 11 is 0. The van der Waals surface area contributed by atoms with Crippen LogP contribution in [0.15, 0.2) is 30.6 Å². The fraction of sp³-hybridized carbons (Fsp3) is 0.591. The summed E-state index contributed by atoms with van der Waals surface area (Å²) in [6, 6.07) is 9.12. The van der Waals surface area contributed by atoms with Crippen LogP contribution in [0.4, 0.5) is 0 Å². The van der Waals surface area contributed by atoms with E-state index in [4.69, 9.17) is 9.84 Å². The number of aromatic nitrogens is 3. The number of piperidine rings is 2. The summed E-state index contributed by atoms with van der Waals surface area (Å²) in [6.07, 6.45) is 9.95. The van der Waals surface area contributed by atoms with E-state index in [0.717, 1.165) is 36.3 Å². The molecule has 2 heterocycles. The molecule has 1 aromatic heterocycles. The molecule has 1 saturated heterocycles. The van der Waals surface area contributed by atoms with Crippen LogP contribution in [-0.4, -0.2) is 44.0 Å². The molecule has 29 heavy (non-hydrogen) atoms. The number of carboxylic acid groups (broad SMARTS) is 1. The van der Waals surface area contributed by atoms with E-state index in [2.05, 4.69) is 27.0 Å². The van der Waals surface area contributed by atoms with E-state index in [1.165, 1.54) is 25.7 Å². The molecule has 0 bridgehead atoms. The second kappa shape index (κ2) is 7.22. The van der Waals surface area contributed by atoms with Crippen molar-refractivity contribution >= 4 is 5.97 Å². The van der Waals surface area contributed by atoms with Crippen LogP contribution in [0, 0.1) is 12.3 Å². The molecule has 4 atom stereocenters. The van der Waals surface area contributed by atoms with Gasteiger partial charge in [-0.1, -0.05) is 12.1 Å². The molecule has 3 aliphatic carbocycles. The number of aromatic carboxylic acids is 1. The quantitative estimate of drug-likeness (QED) is 0.807. The summed E-state index contributed by atoms with van der Waals surface area (Å²) in [5, 5.41) is 20.4. The first-order chi connectivity index (χ1) is 14.1. The van der Waals surface area contributed by atoms with Crippen molar-refractivity contribution in [3.05, 3.63) is 47.5 Å². The Labute approximate surface area is 170 Å². The molecule has 4 aliphatic rings. The highest BCUT2D eigenvalue weighted by Crippen LogP contribution is 2.67. The van der Waals surface area contributed by atoms with Gasteiger partial charge >= 0.3 is 5.97 Å². The zero-order valence-corrected chi connectivity index (χ0v) is 16.8. The maximum absolute atomic E-state index is 10.6. The van der Waals surface area contributed by atoms with Gasteiger partial charge in [-0.05, 0) is 63.1 Å². The van der Waals surface area contributed by atoms with Crippen molar-refractivity contribution in [2.24, 2.45) is 5.41 Å². The Balaban J connectivity index is 0.000000125. The van der Waals surface area contributed by atoms with Crippen molar-refractivity contribution in [2.75, 3.05) is 0 Å². The zero-order chi connectivity index (χ0) is 20.0. The van der Waals surface area contributed by atoms with Gasteiger partial charge in [-0.15, -0.1) is 10.2 Å². The highest BCUT2D eigenvalue weighted by atomic mass is 16.5. The van der Waals surface area contributed by atoms with Crippen molar-refractivity contribution < 1.29 is 14.6 Å². The maximum atomic E-state index is 10.6. The van der Waals surface area contributed by atoms with Gasteiger partial charge in [0.2, 0.25) is 0 Å².